The fourth-order valence-electron chi connectivity index (χ4n) is 2.60. The van der Waals surface area contributed by atoms with Crippen LogP contribution >= 0.6 is 0 Å². The number of hydrogen-bond acceptors (Lipinski definition) is 6. The van der Waals surface area contributed by atoms with Crippen LogP contribution in [0, 0.1) is 18.8 Å². The van der Waals surface area contributed by atoms with Gasteiger partial charge in [0.15, 0.2) is 5.75 Å². The molecule has 0 saturated carbocycles. The van der Waals surface area contributed by atoms with Crippen LogP contribution in [0.1, 0.15) is 51.3 Å². The number of rotatable bonds is 5. The highest BCUT2D eigenvalue weighted by Crippen LogP contribution is 2.37. The summed E-state index contributed by atoms with van der Waals surface area (Å²) in [5, 5.41) is 9.06. The molecule has 0 spiro atoms. The van der Waals surface area contributed by atoms with E-state index in [0.717, 1.165) is 0 Å². The van der Waals surface area contributed by atoms with Crippen LogP contribution in [0.3, 0.4) is 0 Å². The van der Waals surface area contributed by atoms with Gasteiger partial charge in [-0.15, -0.1) is 5.92 Å². The first kappa shape index (κ1) is 28.3. The van der Waals surface area contributed by atoms with Gasteiger partial charge in [-0.1, -0.05) is 12.0 Å². The molecule has 6 nitrogen and oxygen atoms in total. The number of aryl methyl sites for hydroxylation is 1. The van der Waals surface area contributed by atoms with Gasteiger partial charge in [-0.05, 0) is 70.7 Å². The first-order chi connectivity index (χ1) is 15.0. The summed E-state index contributed by atoms with van der Waals surface area (Å²) in [5.74, 6) is 4.25. The Morgan fingerprint density at radius 1 is 1.15 bits per heavy atom. The fourth-order valence-corrected chi connectivity index (χ4v) is 3.11. The maximum absolute atomic E-state index is 12.9. The van der Waals surface area contributed by atoms with Crippen LogP contribution in [0.15, 0.2) is 24.3 Å². The number of esters is 1. The second-order valence-corrected chi connectivity index (χ2v) is 9.49. The molecule has 0 aliphatic heterocycles. The van der Waals surface area contributed by atoms with Crippen LogP contribution < -0.4 is 4.18 Å². The summed E-state index contributed by atoms with van der Waals surface area (Å²) in [6, 6.07) is 6.15. The molecule has 0 bridgehead atoms. The van der Waals surface area contributed by atoms with Crippen LogP contribution in [0.4, 0.5) is 13.2 Å². The summed E-state index contributed by atoms with van der Waals surface area (Å²) in [7, 11) is -5.93. The third kappa shape index (κ3) is 8.59. The Morgan fingerprint density at radius 2 is 1.73 bits per heavy atom. The Bertz CT molecular complexity index is 1160. The van der Waals surface area contributed by atoms with Gasteiger partial charge in [-0.25, -0.2) is 0 Å². The lowest BCUT2D eigenvalue weighted by atomic mass is 9.97. The molecule has 10 heteroatoms. The maximum atomic E-state index is 12.9. The summed E-state index contributed by atoms with van der Waals surface area (Å²) in [6.07, 6.45) is -0.436. The van der Waals surface area contributed by atoms with Crippen molar-refractivity contribution >= 4 is 26.9 Å². The Hall–Kier alpha value is -2.77. The molecule has 2 aromatic carbocycles. The van der Waals surface area contributed by atoms with Crippen molar-refractivity contribution in [1.82, 2.24) is 0 Å². The number of carbonyl (C=O) groups is 1. The average molecular weight is 489 g/mol. The monoisotopic (exact) mass is 488 g/mol. The Morgan fingerprint density at radius 3 is 2.21 bits per heavy atom. The van der Waals surface area contributed by atoms with Crippen molar-refractivity contribution in [2.75, 3.05) is 6.61 Å². The molecule has 0 unspecified atom stereocenters. The van der Waals surface area contributed by atoms with E-state index in [9.17, 15) is 26.4 Å². The van der Waals surface area contributed by atoms with Gasteiger partial charge in [0, 0.05) is 16.5 Å². The standard InChI is InChI=1S/C19H17F3O5S.C4H10O/c1-4-6-13-7-8-15-14(10-13)9-12(3)16(11-17(23)26-5-2)18(15)27-28(24,25)19(20,21)22;1-4(2,3)5/h7-10H,5,11H2,1-3H3;5H,1-3H3. The topological polar surface area (TPSA) is 89.9 Å². The summed E-state index contributed by atoms with van der Waals surface area (Å²) in [4.78, 5) is 11.9. The summed E-state index contributed by atoms with van der Waals surface area (Å²) >= 11 is 0. The highest BCUT2D eigenvalue weighted by atomic mass is 32.2. The Kier molecular flexibility index (Phi) is 9.33. The van der Waals surface area contributed by atoms with E-state index in [2.05, 4.69) is 16.0 Å². The predicted octanol–water partition coefficient (Wildman–Crippen LogP) is 4.63. The highest BCUT2D eigenvalue weighted by Gasteiger charge is 2.49. The molecule has 1 N–H and O–H groups in total. The molecular formula is C23H27F3O6S. The van der Waals surface area contributed by atoms with Gasteiger partial charge < -0.3 is 14.0 Å². The smallest absolute Gasteiger partial charge is 0.466 e. The normalized spacial score (nSPS) is 11.7. The molecule has 0 atom stereocenters. The van der Waals surface area contributed by atoms with E-state index in [0.29, 0.717) is 16.5 Å². The summed E-state index contributed by atoms with van der Waals surface area (Å²) < 4.78 is 71.2. The lowest BCUT2D eigenvalue weighted by Crippen LogP contribution is -2.28. The van der Waals surface area contributed by atoms with Crippen LogP contribution in [0.25, 0.3) is 10.8 Å². The van der Waals surface area contributed by atoms with Crippen molar-refractivity contribution in [2.45, 2.75) is 59.1 Å². The van der Waals surface area contributed by atoms with Gasteiger partial charge in [-0.2, -0.15) is 21.6 Å². The number of hydrogen-bond donors (Lipinski definition) is 1. The van der Waals surface area contributed by atoms with Crippen molar-refractivity contribution in [2.24, 2.45) is 0 Å². The van der Waals surface area contributed by atoms with Crippen molar-refractivity contribution in [3.63, 3.8) is 0 Å². The van der Waals surface area contributed by atoms with Gasteiger partial charge in [0.25, 0.3) is 0 Å². The average Bonchev–Trinajstić information content (AvgIpc) is 2.62. The van der Waals surface area contributed by atoms with E-state index in [-0.39, 0.29) is 17.6 Å². The van der Waals surface area contributed by atoms with Gasteiger partial charge >= 0.3 is 21.6 Å². The molecule has 2 aromatic rings. The van der Waals surface area contributed by atoms with Crippen LogP contribution in [-0.2, 0) is 26.1 Å². The number of benzene rings is 2. The van der Waals surface area contributed by atoms with Gasteiger partial charge in [0.1, 0.15) is 0 Å². The fraction of sp³-hybridized carbons (Fsp3) is 0.435. The molecule has 182 valence electrons. The predicted molar refractivity (Wildman–Crippen MR) is 119 cm³/mol. The van der Waals surface area contributed by atoms with Gasteiger partial charge in [0.05, 0.1) is 18.6 Å². The number of halogens is 3. The zero-order valence-electron chi connectivity index (χ0n) is 19.3. The lowest BCUT2D eigenvalue weighted by molar-refractivity contribution is -0.142. The van der Waals surface area contributed by atoms with E-state index in [4.69, 9.17) is 9.84 Å². The molecular weight excluding hydrogens is 461 g/mol. The van der Waals surface area contributed by atoms with Crippen molar-refractivity contribution < 1.29 is 40.4 Å². The number of carbonyl (C=O) groups excluding carboxylic acids is 1. The molecule has 0 radical (unpaired) electrons. The quantitative estimate of drug-likeness (QED) is 0.286. The SMILES string of the molecule is CC#Cc1ccc2c(OS(=O)(=O)C(F)(F)F)c(CC(=O)OCC)c(C)cc2c1.CC(C)(C)O. The van der Waals surface area contributed by atoms with Crippen molar-refractivity contribution in [3.05, 3.63) is 41.0 Å². The molecule has 33 heavy (non-hydrogen) atoms. The highest BCUT2D eigenvalue weighted by molar-refractivity contribution is 7.88. The minimum atomic E-state index is -5.93. The second kappa shape index (κ2) is 10.9. The van der Waals surface area contributed by atoms with Crippen molar-refractivity contribution in [1.29, 1.82) is 0 Å². The Balaban J connectivity index is 0.000000981. The molecule has 0 aliphatic rings. The summed E-state index contributed by atoms with van der Waals surface area (Å²) in [6.45, 7) is 10.0. The maximum Gasteiger partial charge on any atom is 0.534 e. The van der Waals surface area contributed by atoms with E-state index in [1.54, 1.807) is 53.7 Å². The van der Waals surface area contributed by atoms with E-state index in [1.165, 1.54) is 12.1 Å². The lowest BCUT2D eigenvalue weighted by Gasteiger charge is -2.17. The van der Waals surface area contributed by atoms with Crippen LogP contribution in [0.5, 0.6) is 5.75 Å². The first-order valence-electron chi connectivity index (χ1n) is 9.88. The Labute approximate surface area is 191 Å². The van der Waals surface area contributed by atoms with E-state index in [1.807, 2.05) is 0 Å². The van der Waals surface area contributed by atoms with Gasteiger partial charge in [-0.3, -0.25) is 4.79 Å². The molecule has 0 heterocycles. The van der Waals surface area contributed by atoms with Crippen LogP contribution in [0.2, 0.25) is 0 Å². The number of aliphatic hydroxyl groups is 1. The van der Waals surface area contributed by atoms with Crippen molar-refractivity contribution in [3.8, 4) is 17.6 Å². The first-order valence-corrected chi connectivity index (χ1v) is 11.3. The van der Waals surface area contributed by atoms with E-state index < -0.39 is 39.4 Å². The number of alkyl halides is 3. The zero-order valence-corrected chi connectivity index (χ0v) is 20.1. The minimum absolute atomic E-state index is 0.00750. The third-order valence-corrected chi connectivity index (χ3v) is 4.74. The molecule has 2 rings (SSSR count). The molecule has 0 aromatic heterocycles. The van der Waals surface area contributed by atoms with Crippen LogP contribution in [-0.4, -0.2) is 37.2 Å². The van der Waals surface area contributed by atoms with Gasteiger partial charge in [0.2, 0.25) is 0 Å². The largest absolute Gasteiger partial charge is 0.534 e. The van der Waals surface area contributed by atoms with E-state index >= 15 is 0 Å². The molecule has 0 aliphatic carbocycles. The molecule has 0 saturated heterocycles. The summed E-state index contributed by atoms with van der Waals surface area (Å²) in [5.41, 5.74) is -5.13. The second-order valence-electron chi connectivity index (χ2n) is 7.95. The number of fused-ring (bicyclic) bond motifs is 1. The number of ether oxygens (including phenoxy) is 1. The zero-order chi connectivity index (χ0) is 25.6. The minimum Gasteiger partial charge on any atom is -0.466 e. The molecule has 0 fully saturated rings. The molecule has 0 amide bonds. The third-order valence-electron chi connectivity index (χ3n) is 3.79.